The number of nitrogens with two attached hydrogens (primary N) is 1. The lowest BCUT2D eigenvalue weighted by molar-refractivity contribution is -0.120. The summed E-state index contributed by atoms with van der Waals surface area (Å²) in [6.45, 7) is 2.15. The third kappa shape index (κ3) is 5.17. The van der Waals surface area contributed by atoms with Gasteiger partial charge in [-0.15, -0.1) is 0 Å². The molecular formula is C20H23N3O3. The van der Waals surface area contributed by atoms with E-state index in [1.54, 1.807) is 44.4 Å². The molecule has 1 aromatic carbocycles. The molecule has 1 heterocycles. The molecule has 0 aliphatic heterocycles. The number of pyridine rings is 1. The van der Waals surface area contributed by atoms with E-state index in [9.17, 15) is 9.59 Å². The van der Waals surface area contributed by atoms with Gasteiger partial charge in [0.25, 0.3) is 6.47 Å². The van der Waals surface area contributed by atoms with Gasteiger partial charge in [-0.25, -0.2) is 0 Å². The fourth-order valence-electron chi connectivity index (χ4n) is 2.56. The zero-order valence-electron chi connectivity index (χ0n) is 14.9. The number of hydrogen-bond acceptors (Lipinski definition) is 5. The first-order valence-corrected chi connectivity index (χ1v) is 8.36. The highest BCUT2D eigenvalue weighted by Gasteiger charge is 2.27. The minimum atomic E-state index is -0.395. The fourth-order valence-corrected chi connectivity index (χ4v) is 2.56. The highest BCUT2D eigenvalue weighted by molar-refractivity contribution is 5.99. The van der Waals surface area contributed by atoms with Gasteiger partial charge in [0.15, 0.2) is 0 Å². The van der Waals surface area contributed by atoms with Gasteiger partial charge >= 0.3 is 0 Å². The Morgan fingerprint density at radius 2 is 1.96 bits per heavy atom. The maximum atomic E-state index is 11.3. The Kier molecular flexibility index (Phi) is 6.91. The highest BCUT2D eigenvalue weighted by Crippen LogP contribution is 2.42. The summed E-state index contributed by atoms with van der Waals surface area (Å²) in [6.07, 6.45) is 6.03. The van der Waals surface area contributed by atoms with Crippen molar-refractivity contribution in [3.63, 3.8) is 0 Å². The Hall–Kier alpha value is -3.15. The summed E-state index contributed by atoms with van der Waals surface area (Å²) in [5.41, 5.74) is 8.95. The van der Waals surface area contributed by atoms with Gasteiger partial charge in [-0.05, 0) is 49.4 Å². The zero-order valence-corrected chi connectivity index (χ0v) is 14.9. The number of carbonyl (C=O) groups is 2. The van der Waals surface area contributed by atoms with Crippen LogP contribution in [-0.4, -0.2) is 24.4 Å². The molecule has 1 aromatic heterocycles. The summed E-state index contributed by atoms with van der Waals surface area (Å²) in [5.74, 6) is 0.767. The molecule has 1 aliphatic carbocycles. The van der Waals surface area contributed by atoms with Crippen molar-refractivity contribution in [1.82, 2.24) is 10.3 Å². The van der Waals surface area contributed by atoms with Gasteiger partial charge < -0.3 is 15.8 Å². The number of rotatable bonds is 6. The largest absolute Gasteiger partial charge is 0.429 e. The van der Waals surface area contributed by atoms with Crippen molar-refractivity contribution in [2.45, 2.75) is 25.7 Å². The van der Waals surface area contributed by atoms with E-state index in [1.807, 2.05) is 18.3 Å². The number of aromatic nitrogens is 1. The van der Waals surface area contributed by atoms with Gasteiger partial charge in [-0.3, -0.25) is 14.6 Å². The fraction of sp³-hybridized carbons (Fsp3) is 0.250. The van der Waals surface area contributed by atoms with Crippen molar-refractivity contribution in [3.8, 4) is 5.75 Å². The molecule has 0 bridgehead atoms. The zero-order chi connectivity index (χ0) is 18.9. The third-order valence-corrected chi connectivity index (χ3v) is 4.06. The molecule has 1 fully saturated rings. The second-order valence-corrected chi connectivity index (χ2v) is 5.88. The predicted molar refractivity (Wildman–Crippen MR) is 100 cm³/mol. The van der Waals surface area contributed by atoms with E-state index in [0.717, 1.165) is 11.3 Å². The molecule has 0 radical (unpaired) electrons. The predicted octanol–water partition coefficient (Wildman–Crippen LogP) is 2.62. The van der Waals surface area contributed by atoms with Crippen molar-refractivity contribution in [1.29, 1.82) is 0 Å². The van der Waals surface area contributed by atoms with E-state index in [2.05, 4.69) is 15.0 Å². The van der Waals surface area contributed by atoms with Crippen LogP contribution in [0.1, 0.15) is 36.8 Å². The number of nitrogens with zero attached hydrogens (tertiary/aromatic N) is 1. The molecule has 0 unspecified atom stereocenters. The molecule has 1 saturated carbocycles. The van der Waals surface area contributed by atoms with Crippen LogP contribution in [0.5, 0.6) is 5.75 Å². The maximum Gasteiger partial charge on any atom is 0.298 e. The molecule has 1 aliphatic rings. The van der Waals surface area contributed by atoms with Crippen molar-refractivity contribution in [3.05, 3.63) is 65.5 Å². The Morgan fingerprint density at radius 3 is 2.50 bits per heavy atom. The highest BCUT2D eigenvalue weighted by atomic mass is 16.5. The standard InChI is InChI=1S/C13H17N3O.C7H6O2/c1-8(13(14)17)12(15-2)10-5-6-16-7-11(10)9-3-4-9;8-6-9-7-4-2-1-3-5-7/h5-7,9,15H,3-4H2,1-2H3,(H2,14,17);1-6H/b12-8-;. The normalized spacial score (nSPS) is 13.6. The van der Waals surface area contributed by atoms with E-state index in [4.69, 9.17) is 5.73 Å². The first kappa shape index (κ1) is 19.2. The quantitative estimate of drug-likeness (QED) is 0.615. The van der Waals surface area contributed by atoms with Gasteiger partial charge in [0.05, 0.1) is 0 Å². The van der Waals surface area contributed by atoms with Gasteiger partial charge in [0.2, 0.25) is 5.91 Å². The number of benzene rings is 1. The van der Waals surface area contributed by atoms with Gasteiger partial charge in [-0.2, -0.15) is 0 Å². The molecule has 0 spiro atoms. The Balaban J connectivity index is 0.000000228. The number of para-hydroxylation sites is 1. The van der Waals surface area contributed by atoms with Crippen LogP contribution in [0.25, 0.3) is 5.70 Å². The first-order chi connectivity index (χ1) is 12.6. The number of carbonyl (C=O) groups excluding carboxylic acids is 2. The van der Waals surface area contributed by atoms with Crippen LogP contribution in [-0.2, 0) is 9.59 Å². The monoisotopic (exact) mass is 353 g/mol. The lowest BCUT2D eigenvalue weighted by atomic mass is 10.00. The average Bonchev–Trinajstić information content (AvgIpc) is 3.49. The second-order valence-electron chi connectivity index (χ2n) is 5.88. The maximum absolute atomic E-state index is 11.3. The topological polar surface area (TPSA) is 94.3 Å². The number of amides is 1. The molecule has 26 heavy (non-hydrogen) atoms. The number of ether oxygens (including phenoxy) is 1. The molecule has 0 atom stereocenters. The average molecular weight is 353 g/mol. The molecule has 3 rings (SSSR count). The summed E-state index contributed by atoms with van der Waals surface area (Å²) in [6, 6.07) is 10.8. The van der Waals surface area contributed by atoms with E-state index in [0.29, 0.717) is 23.7 Å². The van der Waals surface area contributed by atoms with E-state index in [-0.39, 0.29) is 0 Å². The minimum Gasteiger partial charge on any atom is -0.429 e. The lowest BCUT2D eigenvalue weighted by Gasteiger charge is -2.14. The van der Waals surface area contributed by atoms with Crippen LogP contribution in [0.3, 0.4) is 0 Å². The van der Waals surface area contributed by atoms with Crippen LogP contribution in [0, 0.1) is 0 Å². The van der Waals surface area contributed by atoms with Crippen LogP contribution in [0.2, 0.25) is 0 Å². The third-order valence-electron chi connectivity index (χ3n) is 4.06. The van der Waals surface area contributed by atoms with E-state index < -0.39 is 5.91 Å². The number of nitrogens with one attached hydrogen (secondary N) is 1. The summed E-state index contributed by atoms with van der Waals surface area (Å²) in [5, 5.41) is 3.07. The molecule has 6 heteroatoms. The SMILES string of the molecule is CN/C(=C(/C)C(N)=O)c1ccncc1C1CC1.O=COc1ccccc1. The molecular weight excluding hydrogens is 330 g/mol. The molecule has 0 saturated heterocycles. The minimum absolute atomic E-state index is 0.395. The Bertz CT molecular complexity index is 784. The van der Waals surface area contributed by atoms with Gasteiger partial charge in [0.1, 0.15) is 5.75 Å². The van der Waals surface area contributed by atoms with E-state index in [1.165, 1.54) is 18.4 Å². The molecule has 3 N–H and O–H groups in total. The first-order valence-electron chi connectivity index (χ1n) is 8.36. The van der Waals surface area contributed by atoms with Crippen molar-refractivity contribution in [2.24, 2.45) is 5.73 Å². The lowest BCUT2D eigenvalue weighted by Crippen LogP contribution is -2.19. The van der Waals surface area contributed by atoms with Crippen molar-refractivity contribution < 1.29 is 14.3 Å². The number of primary amides is 1. The second kappa shape index (κ2) is 9.36. The van der Waals surface area contributed by atoms with Crippen molar-refractivity contribution >= 4 is 18.1 Å². The summed E-state index contributed by atoms with van der Waals surface area (Å²) >= 11 is 0. The number of hydrogen-bond donors (Lipinski definition) is 2. The Labute approximate surface area is 153 Å². The molecule has 6 nitrogen and oxygen atoms in total. The summed E-state index contributed by atoms with van der Waals surface area (Å²) < 4.78 is 4.53. The van der Waals surface area contributed by atoms with Gasteiger partial charge in [0, 0.05) is 36.3 Å². The molecule has 1 amide bonds. The molecule has 2 aromatic rings. The van der Waals surface area contributed by atoms with Crippen molar-refractivity contribution in [2.75, 3.05) is 7.05 Å². The Morgan fingerprint density at radius 1 is 1.27 bits per heavy atom. The smallest absolute Gasteiger partial charge is 0.298 e. The van der Waals surface area contributed by atoms with Crippen LogP contribution in [0.4, 0.5) is 0 Å². The summed E-state index contributed by atoms with van der Waals surface area (Å²) in [4.78, 5) is 25.2. The van der Waals surface area contributed by atoms with Crippen LogP contribution >= 0.6 is 0 Å². The molecule has 136 valence electrons. The van der Waals surface area contributed by atoms with Crippen LogP contribution in [0.15, 0.2) is 54.4 Å². The van der Waals surface area contributed by atoms with E-state index >= 15 is 0 Å². The van der Waals surface area contributed by atoms with Crippen LogP contribution < -0.4 is 15.8 Å². The van der Waals surface area contributed by atoms with Gasteiger partial charge in [-0.1, -0.05) is 18.2 Å². The summed E-state index contributed by atoms with van der Waals surface area (Å²) in [7, 11) is 1.80.